The minimum Gasteiger partial charge on any atom is -0.328 e. The zero-order valence-electron chi connectivity index (χ0n) is 16.0. The summed E-state index contributed by atoms with van der Waals surface area (Å²) in [5.41, 5.74) is 2.76. The van der Waals surface area contributed by atoms with Crippen molar-refractivity contribution in [3.8, 4) is 11.3 Å². The first kappa shape index (κ1) is 18.6. The summed E-state index contributed by atoms with van der Waals surface area (Å²) in [5.74, 6) is 0.736. The van der Waals surface area contributed by atoms with E-state index in [0.29, 0.717) is 6.54 Å². The van der Waals surface area contributed by atoms with Gasteiger partial charge in [-0.15, -0.1) is 10.2 Å². The number of carbonyl (C=O) groups is 1. The van der Waals surface area contributed by atoms with E-state index in [1.54, 1.807) is 18.3 Å². The molecule has 0 aliphatic heterocycles. The highest BCUT2D eigenvalue weighted by Crippen LogP contribution is 2.18. The SMILES string of the molecule is CC(C)n1cnnc1[C@H](C)NC(=O)N(C)Cc1cc(-c2ccccc2)n[nH]1. The number of rotatable bonds is 6. The molecule has 1 atom stereocenters. The van der Waals surface area contributed by atoms with Crippen LogP contribution in [0.5, 0.6) is 0 Å². The van der Waals surface area contributed by atoms with Crippen LogP contribution in [0.2, 0.25) is 0 Å². The molecule has 0 saturated heterocycles. The summed E-state index contributed by atoms with van der Waals surface area (Å²) in [6.07, 6.45) is 1.68. The normalized spacial score (nSPS) is 12.2. The van der Waals surface area contributed by atoms with Crippen molar-refractivity contribution in [3.05, 3.63) is 54.2 Å². The van der Waals surface area contributed by atoms with E-state index in [1.165, 1.54) is 0 Å². The number of hydrogen-bond acceptors (Lipinski definition) is 4. The van der Waals surface area contributed by atoms with E-state index in [1.807, 2.05) is 47.9 Å². The van der Waals surface area contributed by atoms with Crippen molar-refractivity contribution in [2.24, 2.45) is 0 Å². The van der Waals surface area contributed by atoms with Gasteiger partial charge in [-0.1, -0.05) is 30.3 Å². The molecule has 2 amide bonds. The van der Waals surface area contributed by atoms with Crippen LogP contribution in [0, 0.1) is 0 Å². The highest BCUT2D eigenvalue weighted by molar-refractivity contribution is 5.74. The minimum absolute atomic E-state index is 0.184. The number of amides is 2. The number of nitrogens with one attached hydrogen (secondary N) is 2. The number of aromatic amines is 1. The number of carbonyl (C=O) groups excluding carboxylic acids is 1. The van der Waals surface area contributed by atoms with Gasteiger partial charge in [0, 0.05) is 18.7 Å². The molecule has 2 N–H and O–H groups in total. The smallest absolute Gasteiger partial charge is 0.318 e. The fourth-order valence-corrected chi connectivity index (χ4v) is 2.85. The van der Waals surface area contributed by atoms with Crippen LogP contribution < -0.4 is 5.32 Å². The molecule has 3 aromatic rings. The molecular weight excluding hydrogens is 342 g/mol. The molecule has 27 heavy (non-hydrogen) atoms. The molecule has 0 spiro atoms. The van der Waals surface area contributed by atoms with Crippen LogP contribution in [0.3, 0.4) is 0 Å². The number of aromatic nitrogens is 5. The lowest BCUT2D eigenvalue weighted by molar-refractivity contribution is 0.202. The topological polar surface area (TPSA) is 91.7 Å². The summed E-state index contributed by atoms with van der Waals surface area (Å²) in [7, 11) is 1.75. The van der Waals surface area contributed by atoms with Gasteiger partial charge < -0.3 is 14.8 Å². The van der Waals surface area contributed by atoms with Crippen molar-refractivity contribution in [1.29, 1.82) is 0 Å². The van der Waals surface area contributed by atoms with Crippen LogP contribution in [0.4, 0.5) is 4.79 Å². The van der Waals surface area contributed by atoms with Gasteiger partial charge in [-0.05, 0) is 26.8 Å². The molecule has 2 heterocycles. The molecule has 0 bridgehead atoms. The monoisotopic (exact) mass is 367 g/mol. The van der Waals surface area contributed by atoms with Gasteiger partial charge in [0.1, 0.15) is 6.33 Å². The minimum atomic E-state index is -0.244. The Bertz CT molecular complexity index is 884. The number of H-pyrrole nitrogens is 1. The summed E-state index contributed by atoms with van der Waals surface area (Å²) < 4.78 is 1.95. The lowest BCUT2D eigenvalue weighted by atomic mass is 10.1. The zero-order chi connectivity index (χ0) is 19.4. The van der Waals surface area contributed by atoms with Gasteiger partial charge in [-0.25, -0.2) is 4.79 Å². The highest BCUT2D eigenvalue weighted by Gasteiger charge is 2.19. The summed E-state index contributed by atoms with van der Waals surface area (Å²) in [4.78, 5) is 14.1. The molecule has 142 valence electrons. The van der Waals surface area contributed by atoms with Crippen LogP contribution in [-0.2, 0) is 6.54 Å². The van der Waals surface area contributed by atoms with E-state index in [2.05, 4.69) is 39.6 Å². The Balaban J connectivity index is 1.61. The number of urea groups is 1. The van der Waals surface area contributed by atoms with Crippen molar-refractivity contribution in [1.82, 2.24) is 35.2 Å². The first-order chi connectivity index (χ1) is 13.0. The average molecular weight is 367 g/mol. The maximum absolute atomic E-state index is 12.5. The fraction of sp³-hybridized carbons (Fsp3) is 0.368. The molecule has 0 fully saturated rings. The Kier molecular flexibility index (Phi) is 5.54. The number of benzene rings is 1. The maximum Gasteiger partial charge on any atom is 0.318 e. The lowest BCUT2D eigenvalue weighted by Crippen LogP contribution is -2.39. The maximum atomic E-state index is 12.5. The second-order valence-corrected chi connectivity index (χ2v) is 6.86. The van der Waals surface area contributed by atoms with Crippen LogP contribution in [-0.4, -0.2) is 42.9 Å². The Labute approximate surface area is 158 Å². The molecule has 0 aliphatic carbocycles. The molecule has 0 radical (unpaired) electrons. The largest absolute Gasteiger partial charge is 0.328 e. The van der Waals surface area contributed by atoms with Gasteiger partial charge in [-0.2, -0.15) is 5.10 Å². The second kappa shape index (κ2) is 8.03. The highest BCUT2D eigenvalue weighted by atomic mass is 16.2. The molecular formula is C19H25N7O. The van der Waals surface area contributed by atoms with Crippen LogP contribution in [0.1, 0.15) is 44.4 Å². The van der Waals surface area contributed by atoms with Crippen molar-refractivity contribution in [3.63, 3.8) is 0 Å². The van der Waals surface area contributed by atoms with Gasteiger partial charge in [0.15, 0.2) is 5.82 Å². The number of hydrogen-bond donors (Lipinski definition) is 2. The van der Waals surface area contributed by atoms with Gasteiger partial charge in [0.2, 0.25) is 0 Å². The quantitative estimate of drug-likeness (QED) is 0.700. The van der Waals surface area contributed by atoms with Crippen molar-refractivity contribution < 1.29 is 4.79 Å². The van der Waals surface area contributed by atoms with Gasteiger partial charge >= 0.3 is 6.03 Å². The third-order valence-corrected chi connectivity index (χ3v) is 4.34. The van der Waals surface area contributed by atoms with E-state index >= 15 is 0 Å². The first-order valence-electron chi connectivity index (χ1n) is 8.96. The van der Waals surface area contributed by atoms with Gasteiger partial charge in [0.05, 0.1) is 24.0 Å². The van der Waals surface area contributed by atoms with E-state index in [9.17, 15) is 4.79 Å². The Hall–Kier alpha value is -3.16. The summed E-state index contributed by atoms with van der Waals surface area (Å²) in [6, 6.07) is 11.7. The van der Waals surface area contributed by atoms with Crippen molar-refractivity contribution >= 4 is 6.03 Å². The molecule has 8 heteroatoms. The van der Waals surface area contributed by atoms with E-state index in [4.69, 9.17) is 0 Å². The van der Waals surface area contributed by atoms with E-state index in [0.717, 1.165) is 22.8 Å². The first-order valence-corrected chi connectivity index (χ1v) is 8.96. The molecule has 8 nitrogen and oxygen atoms in total. The predicted molar refractivity (Wildman–Crippen MR) is 103 cm³/mol. The van der Waals surface area contributed by atoms with Crippen molar-refractivity contribution in [2.75, 3.05) is 7.05 Å². The standard InChI is InChI=1S/C19H25N7O/c1-13(2)26-12-20-24-18(26)14(3)21-19(27)25(4)11-16-10-17(23-22-16)15-8-6-5-7-9-15/h5-10,12-14H,11H2,1-4H3,(H,21,27)(H,22,23)/t14-/m0/s1. The number of nitrogens with zero attached hydrogens (tertiary/aromatic N) is 5. The fourth-order valence-electron chi connectivity index (χ4n) is 2.85. The van der Waals surface area contributed by atoms with Gasteiger partial charge in [0.25, 0.3) is 0 Å². The second-order valence-electron chi connectivity index (χ2n) is 6.86. The van der Waals surface area contributed by atoms with E-state index in [-0.39, 0.29) is 18.1 Å². The summed E-state index contributed by atoms with van der Waals surface area (Å²) in [5, 5.41) is 18.4. The molecule has 0 unspecified atom stereocenters. The van der Waals surface area contributed by atoms with Gasteiger partial charge in [-0.3, -0.25) is 5.10 Å². The Morgan fingerprint density at radius 2 is 2.00 bits per heavy atom. The Morgan fingerprint density at radius 1 is 1.26 bits per heavy atom. The molecule has 2 aromatic heterocycles. The average Bonchev–Trinajstić information content (AvgIpc) is 3.32. The lowest BCUT2D eigenvalue weighted by Gasteiger charge is -2.21. The van der Waals surface area contributed by atoms with Crippen LogP contribution in [0.15, 0.2) is 42.7 Å². The van der Waals surface area contributed by atoms with E-state index < -0.39 is 0 Å². The third-order valence-electron chi connectivity index (χ3n) is 4.34. The molecule has 3 rings (SSSR count). The van der Waals surface area contributed by atoms with Crippen molar-refractivity contribution in [2.45, 2.75) is 39.4 Å². The predicted octanol–water partition coefficient (Wildman–Crippen LogP) is 3.15. The van der Waals surface area contributed by atoms with Crippen LogP contribution in [0.25, 0.3) is 11.3 Å². The summed E-state index contributed by atoms with van der Waals surface area (Å²) in [6.45, 7) is 6.43. The summed E-state index contributed by atoms with van der Waals surface area (Å²) >= 11 is 0. The Morgan fingerprint density at radius 3 is 2.70 bits per heavy atom. The molecule has 1 aromatic carbocycles. The molecule has 0 aliphatic rings. The molecule has 0 saturated carbocycles. The third kappa shape index (κ3) is 4.33. The zero-order valence-corrected chi connectivity index (χ0v) is 16.0. The van der Waals surface area contributed by atoms with Crippen LogP contribution >= 0.6 is 0 Å².